The quantitative estimate of drug-likeness (QED) is 0.320. The van der Waals surface area contributed by atoms with Crippen molar-refractivity contribution in [3.05, 3.63) is 82.4 Å². The molecule has 8 nitrogen and oxygen atoms in total. The molecule has 0 aromatic heterocycles. The number of carbonyl (C=O) groups excluding carboxylic acids is 1. The van der Waals surface area contributed by atoms with Crippen LogP contribution in [0.4, 0.5) is 5.69 Å². The molecular formula is C26H28ClN3O5S. The second kappa shape index (κ2) is 11.5. The van der Waals surface area contributed by atoms with Crippen LogP contribution in [0.3, 0.4) is 0 Å². The van der Waals surface area contributed by atoms with E-state index in [0.29, 0.717) is 39.0 Å². The van der Waals surface area contributed by atoms with Gasteiger partial charge in [0.15, 0.2) is 11.5 Å². The fourth-order valence-corrected chi connectivity index (χ4v) is 5.19. The van der Waals surface area contributed by atoms with Crippen LogP contribution in [0, 0.1) is 13.8 Å². The number of sulfonamides is 1. The Balaban J connectivity index is 1.90. The number of methoxy groups -OCH3 is 2. The van der Waals surface area contributed by atoms with Crippen molar-refractivity contribution in [2.24, 2.45) is 5.10 Å². The van der Waals surface area contributed by atoms with E-state index >= 15 is 0 Å². The predicted octanol–water partition coefficient (Wildman–Crippen LogP) is 4.71. The molecule has 0 heterocycles. The third kappa shape index (κ3) is 6.16. The average molecular weight is 530 g/mol. The van der Waals surface area contributed by atoms with E-state index in [2.05, 4.69) is 10.5 Å². The highest BCUT2D eigenvalue weighted by Crippen LogP contribution is 2.29. The van der Waals surface area contributed by atoms with Crippen LogP contribution in [0.15, 0.2) is 70.7 Å². The van der Waals surface area contributed by atoms with E-state index in [1.807, 2.05) is 6.92 Å². The molecule has 0 saturated carbocycles. The van der Waals surface area contributed by atoms with E-state index < -0.39 is 22.5 Å². The predicted molar refractivity (Wildman–Crippen MR) is 142 cm³/mol. The van der Waals surface area contributed by atoms with E-state index in [1.54, 1.807) is 62.4 Å². The van der Waals surface area contributed by atoms with Gasteiger partial charge in [-0.05, 0) is 74.9 Å². The van der Waals surface area contributed by atoms with E-state index in [9.17, 15) is 13.2 Å². The lowest BCUT2D eigenvalue weighted by Crippen LogP contribution is -2.40. The standard InChI is InChI=1S/C26H28ClN3O5S/c1-17-6-10-22(11-7-17)36(32,33)30(23-12-9-21(27)14-18(23)2)16-26(31)29-28-19(3)20-8-13-24(34-4)25(15-20)35-5/h6-15H,16H2,1-5H3,(H,29,31)/b28-19+. The zero-order chi connectivity index (χ0) is 26.5. The second-order valence-electron chi connectivity index (χ2n) is 8.06. The zero-order valence-corrected chi connectivity index (χ0v) is 22.3. The van der Waals surface area contributed by atoms with Crippen LogP contribution < -0.4 is 19.2 Å². The van der Waals surface area contributed by atoms with Gasteiger partial charge in [0.1, 0.15) is 6.54 Å². The molecule has 0 aliphatic carbocycles. The maximum absolute atomic E-state index is 13.6. The van der Waals surface area contributed by atoms with Gasteiger partial charge in [-0.15, -0.1) is 0 Å². The molecule has 1 amide bonds. The number of benzene rings is 3. The van der Waals surface area contributed by atoms with E-state index in [4.69, 9.17) is 21.1 Å². The first kappa shape index (κ1) is 27.0. The second-order valence-corrected chi connectivity index (χ2v) is 10.4. The molecule has 0 radical (unpaired) electrons. The molecule has 3 aromatic carbocycles. The molecule has 3 rings (SSSR count). The summed E-state index contributed by atoms with van der Waals surface area (Å²) in [5, 5.41) is 4.61. The minimum atomic E-state index is -4.06. The topological polar surface area (TPSA) is 97.3 Å². The summed E-state index contributed by atoms with van der Waals surface area (Å²) in [6, 6.07) is 16.5. The molecule has 10 heteroatoms. The Morgan fingerprint density at radius 2 is 1.64 bits per heavy atom. The van der Waals surface area contributed by atoms with Gasteiger partial charge in [0.2, 0.25) is 0 Å². The van der Waals surface area contributed by atoms with Crippen molar-refractivity contribution in [1.29, 1.82) is 0 Å². The van der Waals surface area contributed by atoms with Crippen molar-refractivity contribution in [3.8, 4) is 11.5 Å². The highest BCUT2D eigenvalue weighted by molar-refractivity contribution is 7.92. The highest BCUT2D eigenvalue weighted by atomic mass is 35.5. The molecular weight excluding hydrogens is 502 g/mol. The first-order chi connectivity index (χ1) is 17.1. The van der Waals surface area contributed by atoms with Crippen molar-refractivity contribution in [2.45, 2.75) is 25.7 Å². The van der Waals surface area contributed by atoms with Crippen molar-refractivity contribution < 1.29 is 22.7 Å². The molecule has 3 aromatic rings. The Kier molecular flexibility index (Phi) is 8.60. The molecule has 0 spiro atoms. The maximum atomic E-state index is 13.6. The van der Waals surface area contributed by atoms with Crippen LogP contribution >= 0.6 is 11.6 Å². The normalized spacial score (nSPS) is 11.7. The summed E-state index contributed by atoms with van der Waals surface area (Å²) in [5.74, 6) is 0.470. The number of aryl methyl sites for hydroxylation is 2. The monoisotopic (exact) mass is 529 g/mol. The summed E-state index contributed by atoms with van der Waals surface area (Å²) < 4.78 is 38.7. The van der Waals surface area contributed by atoms with Gasteiger partial charge >= 0.3 is 0 Å². The molecule has 0 fully saturated rings. The molecule has 0 unspecified atom stereocenters. The molecule has 1 N–H and O–H groups in total. The van der Waals surface area contributed by atoms with Crippen molar-refractivity contribution in [1.82, 2.24) is 5.43 Å². The van der Waals surface area contributed by atoms with Crippen LogP contribution in [0.2, 0.25) is 5.02 Å². The minimum absolute atomic E-state index is 0.0697. The lowest BCUT2D eigenvalue weighted by Gasteiger charge is -2.25. The summed E-state index contributed by atoms with van der Waals surface area (Å²) in [7, 11) is -0.994. The third-order valence-electron chi connectivity index (χ3n) is 5.47. The summed E-state index contributed by atoms with van der Waals surface area (Å²) in [5.41, 5.74) is 5.52. The van der Waals surface area contributed by atoms with E-state index in [-0.39, 0.29) is 4.90 Å². The Morgan fingerprint density at radius 3 is 2.25 bits per heavy atom. The van der Waals surface area contributed by atoms with Crippen LogP contribution in [-0.2, 0) is 14.8 Å². The van der Waals surface area contributed by atoms with Gasteiger partial charge in [-0.1, -0.05) is 29.3 Å². The van der Waals surface area contributed by atoms with Gasteiger partial charge in [-0.2, -0.15) is 5.10 Å². The van der Waals surface area contributed by atoms with Gasteiger partial charge in [-0.25, -0.2) is 13.8 Å². The smallest absolute Gasteiger partial charge is 0.264 e. The highest BCUT2D eigenvalue weighted by Gasteiger charge is 2.28. The molecule has 36 heavy (non-hydrogen) atoms. The van der Waals surface area contributed by atoms with Gasteiger partial charge in [0.05, 0.1) is 30.5 Å². The number of hydrogen-bond donors (Lipinski definition) is 1. The number of halogens is 1. The van der Waals surface area contributed by atoms with Crippen molar-refractivity contribution in [2.75, 3.05) is 25.1 Å². The number of rotatable bonds is 9. The largest absolute Gasteiger partial charge is 0.493 e. The van der Waals surface area contributed by atoms with Crippen LogP contribution in [-0.4, -0.2) is 40.8 Å². The van der Waals surface area contributed by atoms with Crippen LogP contribution in [0.1, 0.15) is 23.6 Å². The number of nitrogens with zero attached hydrogens (tertiary/aromatic N) is 2. The summed E-state index contributed by atoms with van der Waals surface area (Å²) in [4.78, 5) is 13.0. The van der Waals surface area contributed by atoms with Crippen molar-refractivity contribution >= 4 is 38.9 Å². The van der Waals surface area contributed by atoms with Gasteiger partial charge in [-0.3, -0.25) is 9.10 Å². The number of hydrogen-bond acceptors (Lipinski definition) is 6. The number of hydrazone groups is 1. The zero-order valence-electron chi connectivity index (χ0n) is 20.7. The fourth-order valence-electron chi connectivity index (χ4n) is 3.47. The lowest BCUT2D eigenvalue weighted by atomic mass is 10.1. The SMILES string of the molecule is COc1ccc(/C(C)=N/NC(=O)CN(c2ccc(Cl)cc2C)S(=O)(=O)c2ccc(C)cc2)cc1OC. The molecule has 0 aliphatic rings. The van der Waals surface area contributed by atoms with E-state index in [1.165, 1.54) is 26.4 Å². The number of nitrogens with one attached hydrogen (secondary N) is 1. The Bertz CT molecular complexity index is 1390. The Hall–Kier alpha value is -3.56. The van der Waals surface area contributed by atoms with Gasteiger partial charge in [0.25, 0.3) is 15.9 Å². The van der Waals surface area contributed by atoms with E-state index in [0.717, 1.165) is 9.87 Å². The Labute approximate surface area is 216 Å². The van der Waals surface area contributed by atoms with Crippen LogP contribution in [0.5, 0.6) is 11.5 Å². The summed E-state index contributed by atoms with van der Waals surface area (Å²) >= 11 is 6.08. The van der Waals surface area contributed by atoms with Gasteiger partial charge < -0.3 is 9.47 Å². The first-order valence-corrected chi connectivity index (χ1v) is 12.8. The van der Waals surface area contributed by atoms with Crippen molar-refractivity contribution in [3.63, 3.8) is 0 Å². The van der Waals surface area contributed by atoms with Crippen LogP contribution in [0.25, 0.3) is 0 Å². The fraction of sp³-hybridized carbons (Fsp3) is 0.231. The average Bonchev–Trinajstić information content (AvgIpc) is 2.86. The molecule has 0 atom stereocenters. The molecule has 0 aliphatic heterocycles. The first-order valence-electron chi connectivity index (χ1n) is 11.0. The molecule has 0 saturated heterocycles. The molecule has 0 bridgehead atoms. The number of carbonyl (C=O) groups is 1. The minimum Gasteiger partial charge on any atom is -0.493 e. The number of anilines is 1. The third-order valence-corrected chi connectivity index (χ3v) is 7.48. The Morgan fingerprint density at radius 1 is 0.972 bits per heavy atom. The summed E-state index contributed by atoms with van der Waals surface area (Å²) in [6.45, 7) is 4.83. The van der Waals surface area contributed by atoms with Gasteiger partial charge in [0, 0.05) is 10.6 Å². The maximum Gasteiger partial charge on any atom is 0.264 e. The number of amides is 1. The number of ether oxygens (including phenoxy) is 2. The molecule has 190 valence electrons. The summed E-state index contributed by atoms with van der Waals surface area (Å²) in [6.07, 6.45) is 0. The lowest BCUT2D eigenvalue weighted by molar-refractivity contribution is -0.119.